The summed E-state index contributed by atoms with van der Waals surface area (Å²) < 4.78 is 0. The number of hydrogen-bond acceptors (Lipinski definition) is 3. The quantitative estimate of drug-likeness (QED) is 0.509. The predicted molar refractivity (Wildman–Crippen MR) is 45.4 cm³/mol. The summed E-state index contributed by atoms with van der Waals surface area (Å²) in [6, 6.07) is 0.0173. The van der Waals surface area contributed by atoms with Crippen molar-refractivity contribution in [3.05, 3.63) is 0 Å². The maximum absolute atomic E-state index is 11.0. The molecule has 1 fully saturated rings. The molecule has 12 heavy (non-hydrogen) atoms. The standard InChI is InChI=1S/C8H16N2O2/c9-7(6-1-2-6)5-8(12)10-3-4-11/h6-7,11H,1-5,9H2,(H,10,12)/t7-/m0/s1. The zero-order valence-corrected chi connectivity index (χ0v) is 7.12. The minimum absolute atomic E-state index is 0.00952. The second kappa shape index (κ2) is 4.42. The van der Waals surface area contributed by atoms with E-state index in [4.69, 9.17) is 10.8 Å². The van der Waals surface area contributed by atoms with Crippen molar-refractivity contribution in [3.8, 4) is 0 Å². The number of amides is 1. The maximum Gasteiger partial charge on any atom is 0.221 e. The van der Waals surface area contributed by atoms with E-state index in [0.717, 1.165) is 12.8 Å². The van der Waals surface area contributed by atoms with Crippen LogP contribution in [0.15, 0.2) is 0 Å². The van der Waals surface area contributed by atoms with Crippen molar-refractivity contribution >= 4 is 5.91 Å². The van der Waals surface area contributed by atoms with Gasteiger partial charge in [0.2, 0.25) is 5.91 Å². The van der Waals surface area contributed by atoms with E-state index in [1.165, 1.54) is 0 Å². The molecule has 70 valence electrons. The van der Waals surface area contributed by atoms with E-state index in [9.17, 15) is 4.79 Å². The lowest BCUT2D eigenvalue weighted by molar-refractivity contribution is -0.121. The van der Waals surface area contributed by atoms with Gasteiger partial charge < -0.3 is 16.2 Å². The Morgan fingerprint density at radius 3 is 2.83 bits per heavy atom. The average Bonchev–Trinajstić information content (AvgIpc) is 2.82. The molecule has 0 saturated heterocycles. The second-order valence-corrected chi connectivity index (χ2v) is 3.28. The van der Waals surface area contributed by atoms with Crippen molar-refractivity contribution in [1.29, 1.82) is 0 Å². The van der Waals surface area contributed by atoms with E-state index in [2.05, 4.69) is 5.32 Å². The molecule has 0 bridgehead atoms. The van der Waals surface area contributed by atoms with E-state index >= 15 is 0 Å². The smallest absolute Gasteiger partial charge is 0.221 e. The lowest BCUT2D eigenvalue weighted by Gasteiger charge is -2.09. The highest BCUT2D eigenvalue weighted by Gasteiger charge is 2.29. The van der Waals surface area contributed by atoms with Gasteiger partial charge in [-0.3, -0.25) is 4.79 Å². The molecule has 0 aromatic carbocycles. The van der Waals surface area contributed by atoms with Crippen LogP contribution in [-0.4, -0.2) is 30.2 Å². The molecule has 4 nitrogen and oxygen atoms in total. The maximum atomic E-state index is 11.0. The molecule has 0 radical (unpaired) electrons. The van der Waals surface area contributed by atoms with E-state index in [-0.39, 0.29) is 18.6 Å². The fourth-order valence-corrected chi connectivity index (χ4v) is 1.17. The lowest BCUT2D eigenvalue weighted by atomic mass is 10.1. The summed E-state index contributed by atoms with van der Waals surface area (Å²) >= 11 is 0. The number of rotatable bonds is 5. The van der Waals surface area contributed by atoms with Gasteiger partial charge in [-0.15, -0.1) is 0 Å². The topological polar surface area (TPSA) is 75.4 Å². The Balaban J connectivity index is 2.07. The van der Waals surface area contributed by atoms with Crippen molar-refractivity contribution < 1.29 is 9.90 Å². The number of carbonyl (C=O) groups excluding carboxylic acids is 1. The molecule has 1 amide bonds. The first-order valence-electron chi connectivity index (χ1n) is 4.37. The number of nitrogens with one attached hydrogen (secondary N) is 1. The Bertz CT molecular complexity index is 157. The third-order valence-corrected chi connectivity index (χ3v) is 2.08. The zero-order valence-electron chi connectivity index (χ0n) is 7.12. The molecule has 0 unspecified atom stereocenters. The molecular weight excluding hydrogens is 156 g/mol. The second-order valence-electron chi connectivity index (χ2n) is 3.28. The Morgan fingerprint density at radius 2 is 2.33 bits per heavy atom. The van der Waals surface area contributed by atoms with Gasteiger partial charge in [-0.2, -0.15) is 0 Å². The summed E-state index contributed by atoms with van der Waals surface area (Å²) in [5, 5.41) is 11.0. The fourth-order valence-electron chi connectivity index (χ4n) is 1.17. The Labute approximate surface area is 72.1 Å². The van der Waals surface area contributed by atoms with Crippen LogP contribution >= 0.6 is 0 Å². The van der Waals surface area contributed by atoms with Gasteiger partial charge >= 0.3 is 0 Å². The number of hydrogen-bond donors (Lipinski definition) is 3. The molecule has 4 heteroatoms. The van der Waals surface area contributed by atoms with Crippen LogP contribution < -0.4 is 11.1 Å². The van der Waals surface area contributed by atoms with E-state index in [0.29, 0.717) is 18.9 Å². The molecule has 1 rings (SSSR count). The zero-order chi connectivity index (χ0) is 8.97. The molecule has 1 saturated carbocycles. The highest BCUT2D eigenvalue weighted by molar-refractivity contribution is 5.76. The average molecular weight is 172 g/mol. The summed E-state index contributed by atoms with van der Waals surface area (Å²) in [7, 11) is 0. The number of nitrogens with two attached hydrogens (primary N) is 1. The van der Waals surface area contributed by atoms with Gasteiger partial charge in [0.05, 0.1) is 6.61 Å². The molecule has 0 heterocycles. The summed E-state index contributed by atoms with van der Waals surface area (Å²) in [4.78, 5) is 11.0. The summed E-state index contributed by atoms with van der Waals surface area (Å²) in [5.74, 6) is 0.508. The van der Waals surface area contributed by atoms with Gasteiger partial charge in [-0.05, 0) is 18.8 Å². The number of carbonyl (C=O) groups is 1. The van der Waals surface area contributed by atoms with Crippen molar-refractivity contribution in [2.75, 3.05) is 13.2 Å². The predicted octanol–water partition coefficient (Wildman–Crippen LogP) is -0.778. The summed E-state index contributed by atoms with van der Waals surface area (Å²) in [6.45, 7) is 0.320. The van der Waals surface area contributed by atoms with Crippen LogP contribution in [0.5, 0.6) is 0 Å². The van der Waals surface area contributed by atoms with Gasteiger partial charge in [0.15, 0.2) is 0 Å². The van der Waals surface area contributed by atoms with Crippen LogP contribution in [0.4, 0.5) is 0 Å². The molecule has 4 N–H and O–H groups in total. The van der Waals surface area contributed by atoms with Crippen LogP contribution in [0.1, 0.15) is 19.3 Å². The highest BCUT2D eigenvalue weighted by atomic mass is 16.3. The SMILES string of the molecule is N[C@@H](CC(=O)NCCO)C1CC1. The Kier molecular flexibility index (Phi) is 3.49. The van der Waals surface area contributed by atoms with Crippen molar-refractivity contribution in [1.82, 2.24) is 5.32 Å². The van der Waals surface area contributed by atoms with Crippen LogP contribution in [0.3, 0.4) is 0 Å². The van der Waals surface area contributed by atoms with Gasteiger partial charge in [0.25, 0.3) is 0 Å². The normalized spacial score (nSPS) is 18.8. The molecular formula is C8H16N2O2. The van der Waals surface area contributed by atoms with Crippen LogP contribution in [-0.2, 0) is 4.79 Å². The molecule has 0 aliphatic heterocycles. The van der Waals surface area contributed by atoms with Gasteiger partial charge in [0.1, 0.15) is 0 Å². The minimum Gasteiger partial charge on any atom is -0.395 e. The van der Waals surface area contributed by atoms with E-state index < -0.39 is 0 Å². The summed E-state index contributed by atoms with van der Waals surface area (Å²) in [5.41, 5.74) is 5.73. The molecule has 1 aliphatic rings. The Hall–Kier alpha value is -0.610. The largest absolute Gasteiger partial charge is 0.395 e. The van der Waals surface area contributed by atoms with E-state index in [1.807, 2.05) is 0 Å². The monoisotopic (exact) mass is 172 g/mol. The molecule has 0 aromatic heterocycles. The van der Waals surface area contributed by atoms with Crippen molar-refractivity contribution in [2.24, 2.45) is 11.7 Å². The Morgan fingerprint density at radius 1 is 1.67 bits per heavy atom. The molecule has 0 spiro atoms. The van der Waals surface area contributed by atoms with Gasteiger partial charge in [0, 0.05) is 19.0 Å². The molecule has 1 atom stereocenters. The summed E-state index contributed by atoms with van der Waals surface area (Å²) in [6.07, 6.45) is 2.72. The van der Waals surface area contributed by atoms with Gasteiger partial charge in [-0.25, -0.2) is 0 Å². The fraction of sp³-hybridized carbons (Fsp3) is 0.875. The third-order valence-electron chi connectivity index (χ3n) is 2.08. The highest BCUT2D eigenvalue weighted by Crippen LogP contribution is 2.32. The van der Waals surface area contributed by atoms with Crippen LogP contribution in [0.25, 0.3) is 0 Å². The van der Waals surface area contributed by atoms with Gasteiger partial charge in [-0.1, -0.05) is 0 Å². The first-order valence-corrected chi connectivity index (χ1v) is 4.37. The van der Waals surface area contributed by atoms with Crippen LogP contribution in [0, 0.1) is 5.92 Å². The number of aliphatic hydroxyl groups excluding tert-OH is 1. The van der Waals surface area contributed by atoms with Crippen molar-refractivity contribution in [3.63, 3.8) is 0 Å². The molecule has 0 aromatic rings. The van der Waals surface area contributed by atoms with Crippen LogP contribution in [0.2, 0.25) is 0 Å². The molecule has 1 aliphatic carbocycles. The van der Waals surface area contributed by atoms with E-state index in [1.54, 1.807) is 0 Å². The first-order chi connectivity index (χ1) is 5.74. The first kappa shape index (κ1) is 9.48. The third kappa shape index (κ3) is 3.19. The number of aliphatic hydroxyl groups is 1. The van der Waals surface area contributed by atoms with Crippen molar-refractivity contribution in [2.45, 2.75) is 25.3 Å². The lowest BCUT2D eigenvalue weighted by Crippen LogP contribution is -2.34. The minimum atomic E-state index is -0.0524.